The Morgan fingerprint density at radius 1 is 1.32 bits per heavy atom. The standard InChI is InChI=1S/C19H25N5O/c1-12-16(14(3)24(5)23-12)11-21-19(20-4)22-13(2)18-10-15-8-6-7-9-17(15)25-18/h6-10,13H,11H2,1-5H3,(H2,20,21,22). The Bertz CT molecular complexity index is 873. The molecular formula is C19H25N5O. The Kier molecular flexibility index (Phi) is 4.79. The molecule has 1 aromatic carbocycles. The molecule has 0 saturated carbocycles. The number of hydrogen-bond donors (Lipinski definition) is 2. The summed E-state index contributed by atoms with van der Waals surface area (Å²) in [5.74, 6) is 1.62. The van der Waals surface area contributed by atoms with Gasteiger partial charge in [-0.05, 0) is 32.9 Å². The van der Waals surface area contributed by atoms with Crippen LogP contribution in [0.4, 0.5) is 0 Å². The van der Waals surface area contributed by atoms with Crippen molar-refractivity contribution in [3.63, 3.8) is 0 Å². The second-order valence-electron chi connectivity index (χ2n) is 6.25. The van der Waals surface area contributed by atoms with Crippen LogP contribution in [0.3, 0.4) is 0 Å². The largest absolute Gasteiger partial charge is 0.459 e. The number of furan rings is 1. The molecule has 2 heterocycles. The van der Waals surface area contributed by atoms with E-state index in [9.17, 15) is 0 Å². The molecule has 6 nitrogen and oxygen atoms in total. The third-order valence-corrected chi connectivity index (χ3v) is 4.54. The van der Waals surface area contributed by atoms with Crippen LogP contribution in [0.2, 0.25) is 0 Å². The Balaban J connectivity index is 1.67. The van der Waals surface area contributed by atoms with Gasteiger partial charge in [0, 0.05) is 37.3 Å². The van der Waals surface area contributed by atoms with E-state index in [1.54, 1.807) is 7.05 Å². The van der Waals surface area contributed by atoms with Gasteiger partial charge < -0.3 is 15.1 Å². The SMILES string of the molecule is CN=C(NCc1c(C)nn(C)c1C)NC(C)c1cc2ccccc2o1. The number of aromatic nitrogens is 2. The summed E-state index contributed by atoms with van der Waals surface area (Å²) in [5, 5.41) is 12.3. The molecule has 0 aliphatic rings. The monoisotopic (exact) mass is 339 g/mol. The highest BCUT2D eigenvalue weighted by Crippen LogP contribution is 2.23. The molecule has 0 bridgehead atoms. The summed E-state index contributed by atoms with van der Waals surface area (Å²) in [6.45, 7) is 6.84. The second-order valence-corrected chi connectivity index (χ2v) is 6.25. The molecule has 6 heteroatoms. The van der Waals surface area contributed by atoms with Crippen LogP contribution in [0.5, 0.6) is 0 Å². The molecule has 0 radical (unpaired) electrons. The number of para-hydroxylation sites is 1. The molecule has 132 valence electrons. The Hall–Kier alpha value is -2.76. The predicted molar refractivity (Wildman–Crippen MR) is 101 cm³/mol. The number of aliphatic imine (C=N–C) groups is 1. The van der Waals surface area contributed by atoms with E-state index in [1.165, 1.54) is 5.56 Å². The number of nitrogens with zero attached hydrogens (tertiary/aromatic N) is 3. The summed E-state index contributed by atoms with van der Waals surface area (Å²) in [6.07, 6.45) is 0. The third kappa shape index (κ3) is 3.52. The number of benzene rings is 1. The van der Waals surface area contributed by atoms with E-state index in [2.05, 4.69) is 46.7 Å². The van der Waals surface area contributed by atoms with E-state index >= 15 is 0 Å². The van der Waals surface area contributed by atoms with Crippen molar-refractivity contribution in [1.29, 1.82) is 0 Å². The third-order valence-electron chi connectivity index (χ3n) is 4.54. The summed E-state index contributed by atoms with van der Waals surface area (Å²) in [7, 11) is 3.73. The van der Waals surface area contributed by atoms with Gasteiger partial charge in [0.25, 0.3) is 0 Å². The number of hydrogen-bond acceptors (Lipinski definition) is 3. The molecule has 1 unspecified atom stereocenters. The maximum absolute atomic E-state index is 5.92. The molecule has 0 fully saturated rings. The number of rotatable bonds is 4. The molecule has 2 aromatic heterocycles. The highest BCUT2D eigenvalue weighted by molar-refractivity contribution is 5.81. The van der Waals surface area contributed by atoms with Crippen molar-refractivity contribution in [2.24, 2.45) is 12.0 Å². The van der Waals surface area contributed by atoms with E-state index in [4.69, 9.17) is 4.42 Å². The first-order valence-corrected chi connectivity index (χ1v) is 8.44. The lowest BCUT2D eigenvalue weighted by molar-refractivity contribution is 0.488. The van der Waals surface area contributed by atoms with Gasteiger partial charge in [0.1, 0.15) is 11.3 Å². The number of fused-ring (bicyclic) bond motifs is 1. The van der Waals surface area contributed by atoms with Crippen molar-refractivity contribution in [2.75, 3.05) is 7.05 Å². The first-order chi connectivity index (χ1) is 12.0. The first kappa shape index (κ1) is 17.1. The van der Waals surface area contributed by atoms with Crippen LogP contribution < -0.4 is 10.6 Å². The normalized spacial score (nSPS) is 13.2. The van der Waals surface area contributed by atoms with Crippen LogP contribution in [0.1, 0.15) is 35.7 Å². The lowest BCUT2D eigenvalue weighted by Crippen LogP contribution is -2.38. The minimum Gasteiger partial charge on any atom is -0.459 e. The lowest BCUT2D eigenvalue weighted by atomic mass is 10.2. The van der Waals surface area contributed by atoms with Gasteiger partial charge in [-0.2, -0.15) is 5.10 Å². The average Bonchev–Trinajstić information content (AvgIpc) is 3.13. The van der Waals surface area contributed by atoms with Gasteiger partial charge in [-0.25, -0.2) is 0 Å². The van der Waals surface area contributed by atoms with Crippen LogP contribution in [0.25, 0.3) is 11.0 Å². The smallest absolute Gasteiger partial charge is 0.191 e. The quantitative estimate of drug-likeness (QED) is 0.566. The van der Waals surface area contributed by atoms with Gasteiger partial charge in [0.15, 0.2) is 5.96 Å². The van der Waals surface area contributed by atoms with Crippen molar-refractivity contribution in [3.05, 3.63) is 53.0 Å². The fourth-order valence-electron chi connectivity index (χ4n) is 2.93. The van der Waals surface area contributed by atoms with Gasteiger partial charge in [0.2, 0.25) is 0 Å². The van der Waals surface area contributed by atoms with Crippen molar-refractivity contribution >= 4 is 16.9 Å². The summed E-state index contributed by atoms with van der Waals surface area (Å²) >= 11 is 0. The molecule has 2 N–H and O–H groups in total. The zero-order valence-electron chi connectivity index (χ0n) is 15.4. The number of aryl methyl sites for hydroxylation is 2. The van der Waals surface area contributed by atoms with Gasteiger partial charge in [-0.15, -0.1) is 0 Å². The van der Waals surface area contributed by atoms with Crippen molar-refractivity contribution < 1.29 is 4.42 Å². The van der Waals surface area contributed by atoms with Crippen LogP contribution in [0, 0.1) is 13.8 Å². The highest BCUT2D eigenvalue weighted by Gasteiger charge is 2.14. The fourth-order valence-corrected chi connectivity index (χ4v) is 2.93. The molecule has 0 aliphatic heterocycles. The second kappa shape index (κ2) is 7.01. The van der Waals surface area contributed by atoms with E-state index < -0.39 is 0 Å². The van der Waals surface area contributed by atoms with Crippen molar-refractivity contribution in [2.45, 2.75) is 33.4 Å². The fraction of sp³-hybridized carbons (Fsp3) is 0.368. The number of nitrogens with one attached hydrogen (secondary N) is 2. The Morgan fingerprint density at radius 3 is 2.72 bits per heavy atom. The van der Waals surface area contributed by atoms with Gasteiger partial charge in [-0.3, -0.25) is 9.67 Å². The predicted octanol–water partition coefficient (Wildman–Crippen LogP) is 3.21. The minimum absolute atomic E-state index is 0.00897. The molecule has 3 aromatic rings. The average molecular weight is 339 g/mol. The van der Waals surface area contributed by atoms with Crippen LogP contribution >= 0.6 is 0 Å². The zero-order chi connectivity index (χ0) is 18.0. The maximum Gasteiger partial charge on any atom is 0.191 e. The molecule has 25 heavy (non-hydrogen) atoms. The molecule has 0 spiro atoms. The highest BCUT2D eigenvalue weighted by atomic mass is 16.3. The van der Waals surface area contributed by atoms with E-state index in [-0.39, 0.29) is 6.04 Å². The van der Waals surface area contributed by atoms with Gasteiger partial charge in [0.05, 0.1) is 11.7 Å². The Morgan fingerprint density at radius 2 is 2.08 bits per heavy atom. The number of guanidine groups is 1. The summed E-state index contributed by atoms with van der Waals surface area (Å²) in [5.41, 5.74) is 4.29. The molecule has 0 amide bonds. The van der Waals surface area contributed by atoms with E-state index in [1.807, 2.05) is 36.9 Å². The van der Waals surface area contributed by atoms with E-state index in [0.717, 1.165) is 34.1 Å². The van der Waals surface area contributed by atoms with Crippen LogP contribution in [-0.4, -0.2) is 22.8 Å². The first-order valence-electron chi connectivity index (χ1n) is 8.44. The summed E-state index contributed by atoms with van der Waals surface area (Å²) in [6, 6.07) is 10.1. The van der Waals surface area contributed by atoms with Crippen LogP contribution in [-0.2, 0) is 13.6 Å². The summed E-state index contributed by atoms with van der Waals surface area (Å²) in [4.78, 5) is 4.31. The summed E-state index contributed by atoms with van der Waals surface area (Å²) < 4.78 is 7.82. The molecule has 0 aliphatic carbocycles. The lowest BCUT2D eigenvalue weighted by Gasteiger charge is -2.16. The van der Waals surface area contributed by atoms with Crippen LogP contribution in [0.15, 0.2) is 39.7 Å². The van der Waals surface area contributed by atoms with Crippen molar-refractivity contribution in [3.8, 4) is 0 Å². The topological polar surface area (TPSA) is 67.4 Å². The zero-order valence-corrected chi connectivity index (χ0v) is 15.4. The van der Waals surface area contributed by atoms with E-state index in [0.29, 0.717) is 6.54 Å². The van der Waals surface area contributed by atoms with Gasteiger partial charge in [-0.1, -0.05) is 18.2 Å². The minimum atomic E-state index is 0.00897. The molecule has 0 saturated heterocycles. The molecule has 3 rings (SSSR count). The molecule has 1 atom stereocenters. The van der Waals surface area contributed by atoms with Gasteiger partial charge >= 0.3 is 0 Å². The Labute approximate surface area is 147 Å². The molecular weight excluding hydrogens is 314 g/mol. The maximum atomic E-state index is 5.92. The van der Waals surface area contributed by atoms with Crippen molar-refractivity contribution in [1.82, 2.24) is 20.4 Å².